The summed E-state index contributed by atoms with van der Waals surface area (Å²) in [4.78, 5) is 10.7. The Hall–Kier alpha value is -1.55. The molecule has 4 heteroatoms. The number of hydrogen-bond donors (Lipinski definition) is 2. The summed E-state index contributed by atoms with van der Waals surface area (Å²) >= 11 is 0. The van der Waals surface area contributed by atoms with Crippen LogP contribution in [-0.2, 0) is 10.3 Å². The second-order valence-electron chi connectivity index (χ2n) is 5.20. The highest BCUT2D eigenvalue weighted by atomic mass is 16.5. The van der Waals surface area contributed by atoms with Crippen LogP contribution in [0.2, 0.25) is 0 Å². The van der Waals surface area contributed by atoms with Crippen LogP contribution in [0.15, 0.2) is 30.3 Å². The highest BCUT2D eigenvalue weighted by molar-refractivity contribution is 5.64. The molecule has 1 rings (SSSR count). The molecule has 4 nitrogen and oxygen atoms in total. The van der Waals surface area contributed by atoms with Gasteiger partial charge in [0.1, 0.15) is 6.61 Å². The van der Waals surface area contributed by atoms with Gasteiger partial charge >= 0.3 is 6.09 Å². The van der Waals surface area contributed by atoms with Crippen molar-refractivity contribution in [2.45, 2.75) is 26.3 Å². The van der Waals surface area contributed by atoms with E-state index < -0.39 is 11.6 Å². The Morgan fingerprint density at radius 1 is 1.24 bits per heavy atom. The summed E-state index contributed by atoms with van der Waals surface area (Å²) in [5.74, 6) is 0. The molecule has 0 fully saturated rings. The minimum atomic E-state index is -0.806. The van der Waals surface area contributed by atoms with Gasteiger partial charge in [-0.1, -0.05) is 51.1 Å². The Bertz CT molecular complexity index is 384. The smallest absolute Gasteiger partial charge is 0.404 e. The predicted octanol–water partition coefficient (Wildman–Crippen LogP) is 1.98. The van der Waals surface area contributed by atoms with Crippen LogP contribution < -0.4 is 11.5 Å². The van der Waals surface area contributed by atoms with Gasteiger partial charge < -0.3 is 16.2 Å². The van der Waals surface area contributed by atoms with Crippen LogP contribution in [0, 0.1) is 5.41 Å². The van der Waals surface area contributed by atoms with Crippen molar-refractivity contribution in [2.24, 2.45) is 16.9 Å². The fourth-order valence-electron chi connectivity index (χ4n) is 1.65. The summed E-state index contributed by atoms with van der Waals surface area (Å²) in [6.45, 7) is 6.08. The van der Waals surface area contributed by atoms with Gasteiger partial charge in [-0.15, -0.1) is 0 Å². The zero-order valence-corrected chi connectivity index (χ0v) is 10.6. The van der Waals surface area contributed by atoms with E-state index in [2.05, 4.69) is 0 Å². The maximum atomic E-state index is 10.7. The molecule has 4 N–H and O–H groups in total. The summed E-state index contributed by atoms with van der Waals surface area (Å²) in [5, 5.41) is 0. The molecule has 1 aromatic rings. The fraction of sp³-hybridized carbons (Fsp3) is 0.462. The number of rotatable bonds is 3. The van der Waals surface area contributed by atoms with Crippen LogP contribution in [-0.4, -0.2) is 12.7 Å². The number of ether oxygens (including phenoxy) is 1. The third-order valence-corrected chi connectivity index (χ3v) is 3.07. The normalized spacial score (nSPS) is 15.1. The lowest BCUT2D eigenvalue weighted by Crippen LogP contribution is -2.52. The molecule has 0 bridgehead atoms. The molecule has 17 heavy (non-hydrogen) atoms. The SMILES string of the molecule is CC(C)(C)C(N)(COC(N)=O)c1ccccc1. The molecule has 0 spiro atoms. The molecule has 0 saturated carbocycles. The van der Waals surface area contributed by atoms with E-state index in [1.807, 2.05) is 51.1 Å². The minimum Gasteiger partial charge on any atom is -0.447 e. The van der Waals surface area contributed by atoms with E-state index in [-0.39, 0.29) is 12.0 Å². The molecule has 0 aliphatic rings. The highest BCUT2D eigenvalue weighted by Gasteiger charge is 2.41. The van der Waals surface area contributed by atoms with Gasteiger partial charge in [0.25, 0.3) is 0 Å². The number of amides is 1. The largest absolute Gasteiger partial charge is 0.447 e. The number of hydrogen-bond acceptors (Lipinski definition) is 3. The van der Waals surface area contributed by atoms with Crippen molar-refractivity contribution < 1.29 is 9.53 Å². The average molecular weight is 236 g/mol. The molecule has 0 saturated heterocycles. The lowest BCUT2D eigenvalue weighted by atomic mass is 9.70. The van der Waals surface area contributed by atoms with Crippen LogP contribution >= 0.6 is 0 Å². The minimum absolute atomic E-state index is 0.0653. The third-order valence-electron chi connectivity index (χ3n) is 3.07. The molecule has 0 aromatic heterocycles. The molecule has 94 valence electrons. The van der Waals surface area contributed by atoms with E-state index in [0.29, 0.717) is 0 Å². The molecule has 0 heterocycles. The molecule has 0 aliphatic heterocycles. The van der Waals surface area contributed by atoms with E-state index in [1.54, 1.807) is 0 Å². The van der Waals surface area contributed by atoms with Gasteiger partial charge in [-0.05, 0) is 11.0 Å². The van der Waals surface area contributed by atoms with E-state index in [1.165, 1.54) is 0 Å². The van der Waals surface area contributed by atoms with Crippen molar-refractivity contribution in [1.82, 2.24) is 0 Å². The Morgan fingerprint density at radius 2 is 1.76 bits per heavy atom. The zero-order valence-electron chi connectivity index (χ0n) is 10.6. The number of nitrogens with two attached hydrogens (primary N) is 2. The van der Waals surface area contributed by atoms with Crippen molar-refractivity contribution in [3.63, 3.8) is 0 Å². The molecule has 0 radical (unpaired) electrons. The molecular formula is C13H20N2O2. The number of carbonyl (C=O) groups is 1. The Labute approximate surface area is 102 Å². The lowest BCUT2D eigenvalue weighted by molar-refractivity contribution is 0.0704. The van der Waals surface area contributed by atoms with Gasteiger partial charge in [0.2, 0.25) is 0 Å². The topological polar surface area (TPSA) is 78.3 Å². The molecular weight excluding hydrogens is 216 g/mol. The first-order valence-corrected chi connectivity index (χ1v) is 5.54. The van der Waals surface area contributed by atoms with Gasteiger partial charge in [0, 0.05) is 0 Å². The van der Waals surface area contributed by atoms with E-state index in [9.17, 15) is 4.79 Å². The first kappa shape index (κ1) is 13.5. The number of primary amides is 1. The fourth-order valence-corrected chi connectivity index (χ4v) is 1.65. The lowest BCUT2D eigenvalue weighted by Gasteiger charge is -2.41. The van der Waals surface area contributed by atoms with Gasteiger partial charge in [-0.3, -0.25) is 0 Å². The summed E-state index contributed by atoms with van der Waals surface area (Å²) in [6, 6.07) is 9.59. The average Bonchev–Trinajstić information content (AvgIpc) is 2.25. The summed E-state index contributed by atoms with van der Waals surface area (Å²) < 4.78 is 4.90. The maximum Gasteiger partial charge on any atom is 0.404 e. The first-order valence-electron chi connectivity index (χ1n) is 5.54. The number of carbonyl (C=O) groups excluding carboxylic acids is 1. The molecule has 1 unspecified atom stereocenters. The second-order valence-corrected chi connectivity index (χ2v) is 5.20. The zero-order chi connectivity index (χ0) is 13.1. The standard InChI is InChI=1S/C13H20N2O2/c1-12(2,3)13(15,9-17-11(14)16)10-7-5-4-6-8-10/h4-8H,9,15H2,1-3H3,(H2,14,16). The van der Waals surface area contributed by atoms with E-state index >= 15 is 0 Å². The van der Waals surface area contributed by atoms with Crippen LogP contribution in [0.5, 0.6) is 0 Å². The van der Waals surface area contributed by atoms with Crippen molar-refractivity contribution in [2.75, 3.05) is 6.61 Å². The Balaban J connectivity index is 3.07. The maximum absolute atomic E-state index is 10.7. The van der Waals surface area contributed by atoms with Gasteiger partial charge in [-0.2, -0.15) is 0 Å². The number of benzene rings is 1. The van der Waals surface area contributed by atoms with Gasteiger partial charge in [0.15, 0.2) is 0 Å². The van der Waals surface area contributed by atoms with Crippen LogP contribution in [0.3, 0.4) is 0 Å². The summed E-state index contributed by atoms with van der Waals surface area (Å²) in [6.07, 6.45) is -0.806. The molecule has 1 atom stereocenters. The van der Waals surface area contributed by atoms with Crippen molar-refractivity contribution in [3.05, 3.63) is 35.9 Å². The van der Waals surface area contributed by atoms with Crippen molar-refractivity contribution >= 4 is 6.09 Å². The predicted molar refractivity (Wildman–Crippen MR) is 67.3 cm³/mol. The molecule has 0 aliphatic carbocycles. The molecule has 1 amide bonds. The van der Waals surface area contributed by atoms with Crippen LogP contribution in [0.4, 0.5) is 4.79 Å². The van der Waals surface area contributed by atoms with Crippen LogP contribution in [0.1, 0.15) is 26.3 Å². The highest BCUT2D eigenvalue weighted by Crippen LogP contribution is 2.37. The quantitative estimate of drug-likeness (QED) is 0.842. The molecule has 1 aromatic carbocycles. The second kappa shape index (κ2) is 4.75. The first-order chi connectivity index (χ1) is 7.77. The van der Waals surface area contributed by atoms with Crippen molar-refractivity contribution in [3.8, 4) is 0 Å². The van der Waals surface area contributed by atoms with E-state index in [4.69, 9.17) is 16.2 Å². The van der Waals surface area contributed by atoms with E-state index in [0.717, 1.165) is 5.56 Å². The van der Waals surface area contributed by atoms with Crippen molar-refractivity contribution in [1.29, 1.82) is 0 Å². The monoisotopic (exact) mass is 236 g/mol. The summed E-state index contributed by atoms with van der Waals surface area (Å²) in [7, 11) is 0. The van der Waals surface area contributed by atoms with Crippen LogP contribution in [0.25, 0.3) is 0 Å². The summed E-state index contributed by atoms with van der Waals surface area (Å²) in [5.41, 5.74) is 11.3. The Kier molecular flexibility index (Phi) is 3.78. The Morgan fingerprint density at radius 3 is 2.18 bits per heavy atom. The van der Waals surface area contributed by atoms with Gasteiger partial charge in [0.05, 0.1) is 5.54 Å². The van der Waals surface area contributed by atoms with Gasteiger partial charge in [-0.25, -0.2) is 4.79 Å². The third kappa shape index (κ3) is 2.97.